The molecule has 2 atom stereocenters. The van der Waals surface area contributed by atoms with Crippen LogP contribution in [0.15, 0.2) is 83.8 Å². The summed E-state index contributed by atoms with van der Waals surface area (Å²) in [5.74, 6) is 0.391. The molecule has 0 spiro atoms. The van der Waals surface area contributed by atoms with Crippen LogP contribution in [0.1, 0.15) is 29.7 Å². The second-order valence-corrected chi connectivity index (χ2v) is 9.87. The Bertz CT molecular complexity index is 1510. The van der Waals surface area contributed by atoms with Gasteiger partial charge in [0.1, 0.15) is 0 Å². The van der Waals surface area contributed by atoms with Gasteiger partial charge in [0, 0.05) is 33.0 Å². The molecule has 2 unspecified atom stereocenters. The summed E-state index contributed by atoms with van der Waals surface area (Å²) >= 11 is 2.03. The van der Waals surface area contributed by atoms with Crippen molar-refractivity contribution in [1.82, 2.24) is 4.98 Å². The van der Waals surface area contributed by atoms with Crippen LogP contribution >= 0.6 is 11.8 Å². The van der Waals surface area contributed by atoms with Crippen molar-refractivity contribution in [3.05, 3.63) is 95.7 Å². The average molecular weight is 390 g/mol. The number of aromatic amines is 1. The fourth-order valence-corrected chi connectivity index (χ4v) is 6.97. The zero-order valence-electron chi connectivity index (χ0n) is 16.1. The van der Waals surface area contributed by atoms with Gasteiger partial charge < -0.3 is 4.98 Å². The maximum absolute atomic E-state index is 3.83. The highest BCUT2D eigenvalue weighted by Crippen LogP contribution is 2.63. The molecule has 1 aliphatic carbocycles. The van der Waals surface area contributed by atoms with Crippen LogP contribution in [0, 0.1) is 0 Å². The fourth-order valence-electron chi connectivity index (χ4n) is 5.35. The largest absolute Gasteiger partial charge is 0.357 e. The van der Waals surface area contributed by atoms with Gasteiger partial charge in [0.15, 0.2) is 0 Å². The van der Waals surface area contributed by atoms with E-state index in [2.05, 4.69) is 96.9 Å². The van der Waals surface area contributed by atoms with Crippen molar-refractivity contribution in [3.63, 3.8) is 0 Å². The van der Waals surface area contributed by atoms with Gasteiger partial charge in [0.25, 0.3) is 0 Å². The summed E-state index contributed by atoms with van der Waals surface area (Å²) in [6.45, 7) is 2.41. The van der Waals surface area contributed by atoms with Crippen molar-refractivity contribution in [2.24, 2.45) is 0 Å². The van der Waals surface area contributed by atoms with Crippen LogP contribution < -0.4 is 0 Å². The van der Waals surface area contributed by atoms with E-state index in [-0.39, 0.29) is 4.75 Å². The van der Waals surface area contributed by atoms with Crippen molar-refractivity contribution in [3.8, 4) is 0 Å². The van der Waals surface area contributed by atoms with Crippen molar-refractivity contribution >= 4 is 50.3 Å². The summed E-state index contributed by atoms with van der Waals surface area (Å²) in [5.41, 5.74) is 5.42. The van der Waals surface area contributed by atoms with Crippen LogP contribution in [0.4, 0.5) is 0 Å². The molecular weight excluding hydrogens is 370 g/mol. The summed E-state index contributed by atoms with van der Waals surface area (Å²) in [6.07, 6.45) is 4.78. The molecule has 5 aromatic rings. The lowest BCUT2D eigenvalue weighted by Gasteiger charge is -2.32. The van der Waals surface area contributed by atoms with Gasteiger partial charge in [0.05, 0.1) is 4.75 Å². The summed E-state index contributed by atoms with van der Waals surface area (Å²) in [5, 5.41) is 6.63. The number of thioether (sulfide) groups is 1. The number of rotatable bonds is 0. The molecule has 0 saturated carbocycles. The summed E-state index contributed by atoms with van der Waals surface area (Å²) < 4.78 is -0.0122. The number of aromatic nitrogens is 1. The van der Waals surface area contributed by atoms with Crippen molar-refractivity contribution in [2.75, 3.05) is 0 Å². The van der Waals surface area contributed by atoms with Crippen molar-refractivity contribution in [2.45, 2.75) is 22.5 Å². The number of benzene rings is 4. The molecule has 4 aromatic carbocycles. The van der Waals surface area contributed by atoms with Gasteiger partial charge in [-0.15, -0.1) is 11.8 Å². The standard InChI is InChI=1S/C27H19NS/c1-27-23(21-11-10-16-6-4-5-9-19(16)25(21)29-27)13-12-20-22-14-17-7-2-3-8-18(17)15-24(22)28-26(20)27/h2-15,23,28H,1H3. The molecule has 0 fully saturated rings. The molecule has 1 aliphatic heterocycles. The Kier molecular flexibility index (Phi) is 2.93. The zero-order chi connectivity index (χ0) is 19.2. The molecule has 2 heteroatoms. The number of hydrogen-bond donors (Lipinski definition) is 1. The highest BCUT2D eigenvalue weighted by Gasteiger charge is 2.48. The van der Waals surface area contributed by atoms with Gasteiger partial charge in [-0.25, -0.2) is 0 Å². The van der Waals surface area contributed by atoms with Crippen LogP contribution in [-0.4, -0.2) is 4.98 Å². The van der Waals surface area contributed by atoms with Crippen LogP contribution in [0.5, 0.6) is 0 Å². The summed E-state index contributed by atoms with van der Waals surface area (Å²) in [4.78, 5) is 5.27. The first-order valence-corrected chi connectivity index (χ1v) is 11.0. The number of allylic oxidation sites excluding steroid dienone is 1. The second-order valence-electron chi connectivity index (χ2n) is 8.41. The Balaban J connectivity index is 1.50. The molecule has 0 bridgehead atoms. The second kappa shape index (κ2) is 5.34. The molecular formula is C27H19NS. The average Bonchev–Trinajstić information content (AvgIpc) is 3.27. The zero-order valence-corrected chi connectivity index (χ0v) is 16.9. The van der Waals surface area contributed by atoms with E-state index in [1.54, 1.807) is 0 Å². The lowest BCUT2D eigenvalue weighted by Crippen LogP contribution is -2.24. The lowest BCUT2D eigenvalue weighted by molar-refractivity contribution is 0.608. The van der Waals surface area contributed by atoms with E-state index in [1.807, 2.05) is 11.8 Å². The molecule has 1 aromatic heterocycles. The molecule has 0 saturated heterocycles. The van der Waals surface area contributed by atoms with Gasteiger partial charge in [-0.1, -0.05) is 72.8 Å². The van der Waals surface area contributed by atoms with Crippen LogP contribution in [0.2, 0.25) is 0 Å². The number of hydrogen-bond acceptors (Lipinski definition) is 1. The molecule has 1 nitrogen and oxygen atoms in total. The Morgan fingerprint density at radius 2 is 1.59 bits per heavy atom. The van der Waals surface area contributed by atoms with E-state index >= 15 is 0 Å². The van der Waals surface area contributed by atoms with Crippen LogP contribution in [-0.2, 0) is 4.75 Å². The first-order chi connectivity index (χ1) is 14.2. The van der Waals surface area contributed by atoms with Gasteiger partial charge in [0.2, 0.25) is 0 Å². The topological polar surface area (TPSA) is 15.8 Å². The molecule has 0 radical (unpaired) electrons. The van der Waals surface area contributed by atoms with E-state index < -0.39 is 0 Å². The van der Waals surface area contributed by atoms with Crippen molar-refractivity contribution in [1.29, 1.82) is 0 Å². The lowest BCUT2D eigenvalue weighted by atomic mass is 9.79. The number of nitrogens with one attached hydrogen (secondary N) is 1. The predicted octanol–water partition coefficient (Wildman–Crippen LogP) is 7.61. The monoisotopic (exact) mass is 389 g/mol. The minimum atomic E-state index is -0.0122. The molecule has 138 valence electrons. The van der Waals surface area contributed by atoms with E-state index in [4.69, 9.17) is 0 Å². The maximum atomic E-state index is 3.83. The Hall–Kier alpha value is -2.97. The minimum absolute atomic E-state index is 0.0122. The van der Waals surface area contributed by atoms with Gasteiger partial charge in [-0.2, -0.15) is 0 Å². The molecule has 2 heterocycles. The molecule has 7 rings (SSSR count). The number of fused-ring (bicyclic) bond motifs is 10. The smallest absolute Gasteiger partial charge is 0.0687 e. The highest BCUT2D eigenvalue weighted by molar-refractivity contribution is 8.00. The molecule has 2 aliphatic rings. The third-order valence-corrected chi connectivity index (χ3v) is 8.35. The van der Waals surface area contributed by atoms with E-state index in [0.717, 1.165) is 0 Å². The third-order valence-electron chi connectivity index (χ3n) is 6.81. The SMILES string of the molecule is CC12Sc3c(ccc4ccccc34)C1C=Cc1c2[nH]c2cc3ccccc3cc12. The highest BCUT2D eigenvalue weighted by atomic mass is 32.2. The molecule has 29 heavy (non-hydrogen) atoms. The van der Waals surface area contributed by atoms with E-state index in [1.165, 1.54) is 54.2 Å². The Labute approximate surface area is 173 Å². The fraction of sp³-hybridized carbons (Fsp3) is 0.111. The van der Waals surface area contributed by atoms with Crippen LogP contribution in [0.3, 0.4) is 0 Å². The third kappa shape index (κ3) is 1.97. The van der Waals surface area contributed by atoms with E-state index in [0.29, 0.717) is 5.92 Å². The van der Waals surface area contributed by atoms with Gasteiger partial charge >= 0.3 is 0 Å². The predicted molar refractivity (Wildman–Crippen MR) is 125 cm³/mol. The first kappa shape index (κ1) is 15.9. The van der Waals surface area contributed by atoms with Crippen LogP contribution in [0.25, 0.3) is 38.5 Å². The summed E-state index contributed by atoms with van der Waals surface area (Å²) in [7, 11) is 0. The Morgan fingerprint density at radius 3 is 2.45 bits per heavy atom. The van der Waals surface area contributed by atoms with E-state index in [9.17, 15) is 0 Å². The number of H-pyrrole nitrogens is 1. The molecule has 0 amide bonds. The van der Waals surface area contributed by atoms with Crippen molar-refractivity contribution < 1.29 is 0 Å². The summed E-state index contributed by atoms with van der Waals surface area (Å²) in [6, 6.07) is 26.7. The minimum Gasteiger partial charge on any atom is -0.357 e. The Morgan fingerprint density at radius 1 is 0.828 bits per heavy atom. The quantitative estimate of drug-likeness (QED) is 0.288. The molecule has 1 N–H and O–H groups in total. The van der Waals surface area contributed by atoms with Gasteiger partial charge in [-0.05, 0) is 46.2 Å². The maximum Gasteiger partial charge on any atom is 0.0687 e. The van der Waals surface area contributed by atoms with Gasteiger partial charge in [-0.3, -0.25) is 0 Å². The normalized spacial score (nSPS) is 22.2. The first-order valence-electron chi connectivity index (χ1n) is 10.2.